The fourth-order valence-electron chi connectivity index (χ4n) is 6.31. The molecule has 5 rings (SSSR count). The Morgan fingerprint density at radius 3 is 2.35 bits per heavy atom. The summed E-state index contributed by atoms with van der Waals surface area (Å²) in [5, 5.41) is 3.16. The summed E-state index contributed by atoms with van der Waals surface area (Å²) in [5.41, 5.74) is 0.821. The molecule has 214 valence electrons. The summed E-state index contributed by atoms with van der Waals surface area (Å²) in [6.45, 7) is 4.18. The van der Waals surface area contributed by atoms with Gasteiger partial charge in [0, 0.05) is 30.4 Å². The molecule has 0 bridgehead atoms. The normalized spacial score (nSPS) is 19.2. The summed E-state index contributed by atoms with van der Waals surface area (Å²) in [7, 11) is 0. The van der Waals surface area contributed by atoms with Crippen molar-refractivity contribution in [3.63, 3.8) is 0 Å². The number of ether oxygens (including phenoxy) is 1. The van der Waals surface area contributed by atoms with Crippen LogP contribution >= 0.6 is 0 Å². The van der Waals surface area contributed by atoms with Crippen molar-refractivity contribution in [1.29, 1.82) is 0 Å². The number of benzene rings is 2. The molecular weight excluding hydrogens is 504 g/mol. The van der Waals surface area contributed by atoms with Crippen LogP contribution in [-0.2, 0) is 9.59 Å². The number of likely N-dealkylation sites (tertiary alicyclic amines) is 1. The third kappa shape index (κ3) is 6.11. The number of carbonyl (C=O) groups excluding carboxylic acids is 3. The predicted molar refractivity (Wildman–Crippen MR) is 155 cm³/mol. The quantitative estimate of drug-likeness (QED) is 0.465. The van der Waals surface area contributed by atoms with Crippen LogP contribution in [0.5, 0.6) is 5.75 Å². The van der Waals surface area contributed by atoms with Gasteiger partial charge < -0.3 is 24.8 Å². The number of anilines is 1. The first-order valence-corrected chi connectivity index (χ1v) is 14.9. The number of nitrogens with zero attached hydrogens (tertiary/aromatic N) is 3. The third-order valence-electron chi connectivity index (χ3n) is 8.63. The van der Waals surface area contributed by atoms with Gasteiger partial charge in [0.15, 0.2) is 0 Å². The van der Waals surface area contributed by atoms with Crippen molar-refractivity contribution in [2.45, 2.75) is 76.3 Å². The fourth-order valence-corrected chi connectivity index (χ4v) is 6.31. The highest BCUT2D eigenvalue weighted by molar-refractivity contribution is 5.97. The average Bonchev–Trinajstić information content (AvgIpc) is 3.24. The van der Waals surface area contributed by atoms with Crippen LogP contribution in [0.2, 0.25) is 0 Å². The minimum absolute atomic E-state index is 0.0178. The second-order valence-corrected chi connectivity index (χ2v) is 11.4. The van der Waals surface area contributed by atoms with Crippen LogP contribution < -0.4 is 15.0 Å². The van der Waals surface area contributed by atoms with Crippen LogP contribution in [0.1, 0.15) is 75.1 Å². The zero-order valence-corrected chi connectivity index (χ0v) is 23.6. The molecule has 2 aromatic carbocycles. The summed E-state index contributed by atoms with van der Waals surface area (Å²) in [6, 6.07) is 17.5. The third-order valence-corrected chi connectivity index (χ3v) is 8.63. The van der Waals surface area contributed by atoms with E-state index >= 15 is 0 Å². The van der Waals surface area contributed by atoms with Crippen LogP contribution in [-0.4, -0.2) is 72.0 Å². The van der Waals surface area contributed by atoms with E-state index < -0.39 is 5.54 Å². The first-order valence-electron chi connectivity index (χ1n) is 14.9. The number of piperidine rings is 1. The van der Waals surface area contributed by atoms with Gasteiger partial charge in [0.05, 0.1) is 13.3 Å². The summed E-state index contributed by atoms with van der Waals surface area (Å²) in [6.07, 6.45) is 8.65. The Morgan fingerprint density at radius 1 is 0.975 bits per heavy atom. The second-order valence-electron chi connectivity index (χ2n) is 11.4. The SMILES string of the molecule is CCCCOc1ccc(C(=O)N2CCC3(CC2)C(=O)N(CC(=O)NC2CCCCC2)CN3c2ccccc2)cc1. The summed E-state index contributed by atoms with van der Waals surface area (Å²) in [5.74, 6) is 0.636. The number of hydrogen-bond acceptors (Lipinski definition) is 5. The lowest BCUT2D eigenvalue weighted by Gasteiger charge is -2.43. The largest absolute Gasteiger partial charge is 0.494 e. The van der Waals surface area contributed by atoms with E-state index in [0.717, 1.165) is 50.0 Å². The standard InChI is InChI=1S/C32H42N4O4/c1-2-3-22-40-28-16-14-25(15-17-28)30(38)34-20-18-32(19-21-34)31(39)35(24-36(32)27-12-8-5-9-13-27)23-29(37)33-26-10-6-4-7-11-26/h5,8-9,12-17,26H,2-4,6-7,10-11,18-24H2,1H3,(H,33,37). The first kappa shape index (κ1) is 28.0. The van der Waals surface area contributed by atoms with Crippen molar-refractivity contribution in [1.82, 2.24) is 15.1 Å². The lowest BCUT2D eigenvalue weighted by atomic mass is 9.85. The zero-order chi connectivity index (χ0) is 28.0. The van der Waals surface area contributed by atoms with Gasteiger partial charge >= 0.3 is 0 Å². The summed E-state index contributed by atoms with van der Waals surface area (Å²) >= 11 is 0. The van der Waals surface area contributed by atoms with Crippen molar-refractivity contribution in [2.75, 3.05) is 37.8 Å². The van der Waals surface area contributed by atoms with Gasteiger partial charge in [0.25, 0.3) is 11.8 Å². The van der Waals surface area contributed by atoms with Gasteiger partial charge in [-0.25, -0.2) is 0 Å². The van der Waals surface area contributed by atoms with E-state index in [0.29, 0.717) is 44.8 Å². The molecule has 8 nitrogen and oxygen atoms in total. The Bertz CT molecular complexity index is 1160. The smallest absolute Gasteiger partial charge is 0.253 e. The number of rotatable bonds is 9. The highest BCUT2D eigenvalue weighted by Crippen LogP contribution is 2.39. The Labute approximate surface area is 237 Å². The number of amides is 3. The summed E-state index contributed by atoms with van der Waals surface area (Å²) in [4.78, 5) is 45.9. The van der Waals surface area contributed by atoms with E-state index in [1.54, 1.807) is 4.90 Å². The molecule has 0 atom stereocenters. The Morgan fingerprint density at radius 2 is 1.68 bits per heavy atom. The lowest BCUT2D eigenvalue weighted by Crippen LogP contribution is -2.57. The van der Waals surface area contributed by atoms with Crippen LogP contribution in [0.15, 0.2) is 54.6 Å². The van der Waals surface area contributed by atoms with Crippen molar-refractivity contribution in [3.8, 4) is 5.75 Å². The molecule has 2 aromatic rings. The highest BCUT2D eigenvalue weighted by atomic mass is 16.5. The number of carbonyl (C=O) groups is 3. The van der Waals surface area contributed by atoms with E-state index in [2.05, 4.69) is 17.1 Å². The molecule has 1 N–H and O–H groups in total. The number of nitrogens with one attached hydrogen (secondary N) is 1. The molecule has 3 aliphatic rings. The van der Waals surface area contributed by atoms with Crippen molar-refractivity contribution in [3.05, 3.63) is 60.2 Å². The molecule has 2 aliphatic heterocycles. The van der Waals surface area contributed by atoms with Crippen LogP contribution in [0.25, 0.3) is 0 Å². The van der Waals surface area contributed by atoms with Crippen LogP contribution in [0.4, 0.5) is 5.69 Å². The topological polar surface area (TPSA) is 82.2 Å². The van der Waals surface area contributed by atoms with E-state index in [9.17, 15) is 14.4 Å². The lowest BCUT2D eigenvalue weighted by molar-refractivity contribution is -0.137. The molecular formula is C32H42N4O4. The van der Waals surface area contributed by atoms with E-state index in [1.165, 1.54) is 6.42 Å². The molecule has 40 heavy (non-hydrogen) atoms. The first-order chi connectivity index (χ1) is 19.5. The van der Waals surface area contributed by atoms with Gasteiger partial charge in [-0.2, -0.15) is 0 Å². The van der Waals surface area contributed by atoms with Crippen LogP contribution in [0, 0.1) is 0 Å². The molecule has 2 heterocycles. The maximum absolute atomic E-state index is 14.0. The van der Waals surface area contributed by atoms with E-state index in [1.807, 2.05) is 59.5 Å². The predicted octanol–water partition coefficient (Wildman–Crippen LogP) is 4.60. The molecule has 2 saturated heterocycles. The minimum Gasteiger partial charge on any atom is -0.494 e. The maximum Gasteiger partial charge on any atom is 0.253 e. The van der Waals surface area contributed by atoms with Crippen molar-refractivity contribution >= 4 is 23.4 Å². The highest BCUT2D eigenvalue weighted by Gasteiger charge is 2.54. The minimum atomic E-state index is -0.764. The van der Waals surface area contributed by atoms with E-state index in [4.69, 9.17) is 4.74 Å². The Kier molecular flexibility index (Phi) is 8.92. The molecule has 1 saturated carbocycles. The van der Waals surface area contributed by atoms with Crippen molar-refractivity contribution < 1.29 is 19.1 Å². The van der Waals surface area contributed by atoms with Crippen molar-refractivity contribution in [2.24, 2.45) is 0 Å². The molecule has 1 spiro atoms. The number of unbranched alkanes of at least 4 members (excludes halogenated alkanes) is 1. The Hall–Kier alpha value is -3.55. The summed E-state index contributed by atoms with van der Waals surface area (Å²) < 4.78 is 5.73. The maximum atomic E-state index is 14.0. The average molecular weight is 547 g/mol. The molecule has 3 fully saturated rings. The molecule has 0 radical (unpaired) electrons. The van der Waals surface area contributed by atoms with Gasteiger partial charge in [-0.1, -0.05) is 50.8 Å². The molecule has 8 heteroatoms. The number of para-hydroxylation sites is 1. The van der Waals surface area contributed by atoms with Gasteiger partial charge in [0.1, 0.15) is 17.8 Å². The van der Waals surface area contributed by atoms with Gasteiger partial charge in [-0.15, -0.1) is 0 Å². The number of hydrogen-bond donors (Lipinski definition) is 1. The second kappa shape index (κ2) is 12.7. The van der Waals surface area contributed by atoms with Crippen LogP contribution in [0.3, 0.4) is 0 Å². The monoisotopic (exact) mass is 546 g/mol. The molecule has 0 unspecified atom stereocenters. The molecule has 0 aromatic heterocycles. The Balaban J connectivity index is 1.26. The molecule has 3 amide bonds. The van der Waals surface area contributed by atoms with Gasteiger partial charge in [-0.05, 0) is 68.5 Å². The van der Waals surface area contributed by atoms with Gasteiger partial charge in [0.2, 0.25) is 5.91 Å². The molecule has 1 aliphatic carbocycles. The van der Waals surface area contributed by atoms with Gasteiger partial charge in [-0.3, -0.25) is 14.4 Å². The fraction of sp³-hybridized carbons (Fsp3) is 0.531. The zero-order valence-electron chi connectivity index (χ0n) is 23.6. The van der Waals surface area contributed by atoms with E-state index in [-0.39, 0.29) is 30.3 Å².